The van der Waals surface area contributed by atoms with Crippen LogP contribution in [0.3, 0.4) is 0 Å². The van der Waals surface area contributed by atoms with Gasteiger partial charge in [0.1, 0.15) is 0 Å². The van der Waals surface area contributed by atoms with Crippen molar-refractivity contribution in [2.24, 2.45) is 0 Å². The summed E-state index contributed by atoms with van der Waals surface area (Å²) in [6.07, 6.45) is 0. The van der Waals surface area contributed by atoms with Crippen molar-refractivity contribution >= 4 is 37.8 Å². The van der Waals surface area contributed by atoms with E-state index in [0.29, 0.717) is 0 Å². The van der Waals surface area contributed by atoms with Gasteiger partial charge in [0.05, 0.1) is 0 Å². The standard InChI is InChI=1S/2C2H4O2.In.Zn/c2*1-2(3)4;;/h2*1H3,(H,3,4);;/q;;;+2/p-2. The van der Waals surface area contributed by atoms with E-state index >= 15 is 0 Å². The molecule has 0 saturated heterocycles. The second-order valence-corrected chi connectivity index (χ2v) is 0.983. The first-order valence-electron chi connectivity index (χ1n) is 1.82. The number of rotatable bonds is 0. The predicted molar refractivity (Wildman–Crippen MR) is 27.1 cm³/mol. The van der Waals surface area contributed by atoms with E-state index in [1.165, 1.54) is 0 Å². The summed E-state index contributed by atoms with van der Waals surface area (Å²) in [5, 5.41) is 17.8. The van der Waals surface area contributed by atoms with Crippen molar-refractivity contribution in [2.45, 2.75) is 13.8 Å². The minimum absolute atomic E-state index is 0. The number of carboxylic acid groups (broad SMARTS) is 2. The number of carbonyl (C=O) groups excluding carboxylic acids is 2. The molecule has 0 N–H and O–H groups in total. The Hall–Kier alpha value is 0.434. The van der Waals surface area contributed by atoms with Gasteiger partial charge in [0.15, 0.2) is 0 Å². The fourth-order valence-electron chi connectivity index (χ4n) is 0. The Labute approximate surface area is 90.5 Å². The van der Waals surface area contributed by atoms with Gasteiger partial charge in [-0.3, -0.25) is 0 Å². The molecule has 0 atom stereocenters. The third kappa shape index (κ3) is 2480. The van der Waals surface area contributed by atoms with Gasteiger partial charge < -0.3 is 19.8 Å². The molecule has 0 bridgehead atoms. The van der Waals surface area contributed by atoms with Gasteiger partial charge in [0.25, 0.3) is 0 Å². The van der Waals surface area contributed by atoms with Crippen molar-refractivity contribution in [1.29, 1.82) is 0 Å². The Bertz CT molecular complexity index is 75.3. The summed E-state index contributed by atoms with van der Waals surface area (Å²) < 4.78 is 0. The Morgan fingerprint density at radius 1 is 1.00 bits per heavy atom. The van der Waals surface area contributed by atoms with E-state index < -0.39 is 11.9 Å². The molecule has 0 rings (SSSR count). The van der Waals surface area contributed by atoms with E-state index in [2.05, 4.69) is 0 Å². The molecule has 0 aromatic carbocycles. The van der Waals surface area contributed by atoms with E-state index in [0.717, 1.165) is 13.8 Å². The van der Waals surface area contributed by atoms with Crippen LogP contribution in [0.25, 0.3) is 0 Å². The summed E-state index contributed by atoms with van der Waals surface area (Å²) in [5.41, 5.74) is 0. The predicted octanol–water partition coefficient (Wildman–Crippen LogP) is -2.87. The molecule has 0 spiro atoms. The normalized spacial score (nSPS) is 5.00. The summed E-state index contributed by atoms with van der Waals surface area (Å²) in [7, 11) is 0. The molecule has 0 unspecified atom stereocenters. The van der Waals surface area contributed by atoms with E-state index in [9.17, 15) is 0 Å². The van der Waals surface area contributed by atoms with Gasteiger partial charge >= 0.3 is 19.5 Å². The van der Waals surface area contributed by atoms with Crippen LogP contribution >= 0.6 is 0 Å². The molecule has 4 nitrogen and oxygen atoms in total. The van der Waals surface area contributed by atoms with E-state index in [4.69, 9.17) is 19.8 Å². The first-order valence-corrected chi connectivity index (χ1v) is 1.82. The van der Waals surface area contributed by atoms with Crippen molar-refractivity contribution in [3.05, 3.63) is 0 Å². The van der Waals surface area contributed by atoms with Gasteiger partial charge in [-0.25, -0.2) is 0 Å². The molecule has 0 heterocycles. The van der Waals surface area contributed by atoms with Crippen LogP contribution in [0.4, 0.5) is 0 Å². The average molecular weight is 298 g/mol. The molecule has 0 amide bonds. The number of hydrogen-bond acceptors (Lipinski definition) is 4. The van der Waals surface area contributed by atoms with Crippen LogP contribution in [0, 0.1) is 0 Å². The first kappa shape index (κ1) is 22.4. The van der Waals surface area contributed by atoms with Crippen LogP contribution in [0.15, 0.2) is 0 Å². The van der Waals surface area contributed by atoms with Crippen molar-refractivity contribution in [3.8, 4) is 0 Å². The number of carbonyl (C=O) groups is 2. The van der Waals surface area contributed by atoms with Gasteiger partial charge in [0, 0.05) is 37.8 Å². The maximum atomic E-state index is 8.89. The van der Waals surface area contributed by atoms with Crippen LogP contribution < -0.4 is 10.2 Å². The molecular weight excluding hydrogens is 292 g/mol. The fourth-order valence-corrected chi connectivity index (χ4v) is 0. The molecule has 0 fully saturated rings. The third-order valence-corrected chi connectivity index (χ3v) is 0. The van der Waals surface area contributed by atoms with Crippen LogP contribution in [0.1, 0.15) is 13.8 Å². The molecule has 6 heteroatoms. The number of carboxylic acids is 2. The SMILES string of the molecule is CC(=O)[O-].CC(=O)[O-].[In].[Zn+2]. The zero-order valence-corrected chi connectivity index (χ0v) is 12.2. The van der Waals surface area contributed by atoms with Crippen molar-refractivity contribution < 1.29 is 39.3 Å². The third-order valence-electron chi connectivity index (χ3n) is 0. The Balaban J connectivity index is -0.0000000300. The Kier molecular flexibility index (Phi) is 36.4. The Morgan fingerprint density at radius 2 is 1.00 bits per heavy atom. The van der Waals surface area contributed by atoms with Gasteiger partial charge in [-0.15, -0.1) is 0 Å². The van der Waals surface area contributed by atoms with Crippen LogP contribution in [0.2, 0.25) is 0 Å². The van der Waals surface area contributed by atoms with Crippen molar-refractivity contribution in [2.75, 3.05) is 0 Å². The smallest absolute Gasteiger partial charge is 0.550 e. The summed E-state index contributed by atoms with van der Waals surface area (Å²) in [6, 6.07) is 0. The van der Waals surface area contributed by atoms with Gasteiger partial charge in [-0.1, -0.05) is 0 Å². The quantitative estimate of drug-likeness (QED) is 0.450. The Morgan fingerprint density at radius 3 is 1.00 bits per heavy atom. The molecule has 0 aliphatic rings. The minimum atomic E-state index is -1.08. The molecule has 0 aliphatic carbocycles. The minimum Gasteiger partial charge on any atom is -0.550 e. The van der Waals surface area contributed by atoms with Crippen LogP contribution in [-0.2, 0) is 29.1 Å². The summed E-state index contributed by atoms with van der Waals surface area (Å²) in [6.45, 7) is 1.94. The first-order chi connectivity index (χ1) is 3.46. The average Bonchev–Trinajstić information content (AvgIpc) is 1.25. The van der Waals surface area contributed by atoms with Crippen molar-refractivity contribution in [3.63, 3.8) is 0 Å². The zero-order valence-electron chi connectivity index (χ0n) is 5.92. The molecule has 0 aromatic heterocycles. The summed E-state index contributed by atoms with van der Waals surface area (Å²) in [5.74, 6) is -2.17. The van der Waals surface area contributed by atoms with E-state index in [1.54, 1.807) is 0 Å². The second kappa shape index (κ2) is 16.2. The zero-order chi connectivity index (χ0) is 7.15. The molecule has 51 valence electrons. The molecule has 0 aliphatic heterocycles. The number of aliphatic carboxylic acids is 2. The topological polar surface area (TPSA) is 80.3 Å². The summed E-state index contributed by atoms with van der Waals surface area (Å²) >= 11 is 0. The van der Waals surface area contributed by atoms with Crippen LogP contribution in [-0.4, -0.2) is 37.8 Å². The monoisotopic (exact) mass is 297 g/mol. The van der Waals surface area contributed by atoms with Crippen LogP contribution in [0.5, 0.6) is 0 Å². The molecule has 0 saturated carbocycles. The summed E-state index contributed by atoms with van der Waals surface area (Å²) in [4.78, 5) is 17.8. The largest absolute Gasteiger partial charge is 2.00 e. The van der Waals surface area contributed by atoms with E-state index in [1.807, 2.05) is 0 Å². The molecular formula is C4H6InO4Zn. The molecule has 10 heavy (non-hydrogen) atoms. The maximum absolute atomic E-state index is 8.89. The maximum Gasteiger partial charge on any atom is 2.00 e. The molecule has 0 aromatic rings. The van der Waals surface area contributed by atoms with Crippen molar-refractivity contribution in [1.82, 2.24) is 0 Å². The van der Waals surface area contributed by atoms with Gasteiger partial charge in [0.2, 0.25) is 0 Å². The van der Waals surface area contributed by atoms with Gasteiger partial charge in [-0.05, 0) is 13.8 Å². The fraction of sp³-hybridized carbons (Fsp3) is 0.500. The second-order valence-electron chi connectivity index (χ2n) is 0.983. The molecule has 3 radical (unpaired) electrons. The number of hydrogen-bond donors (Lipinski definition) is 0. The van der Waals surface area contributed by atoms with Gasteiger partial charge in [-0.2, -0.15) is 0 Å². The van der Waals surface area contributed by atoms with E-state index in [-0.39, 0.29) is 45.3 Å².